The molecule has 3 atom stereocenters. The maximum atomic E-state index is 6.23. The van der Waals surface area contributed by atoms with Crippen LogP contribution in [0.25, 0.3) is 0 Å². The third-order valence-electron chi connectivity index (χ3n) is 4.18. The van der Waals surface area contributed by atoms with Gasteiger partial charge in [-0.3, -0.25) is 9.58 Å². The summed E-state index contributed by atoms with van der Waals surface area (Å²) in [5.41, 5.74) is 7.44. The number of nitrogens with two attached hydrogens (primary N) is 1. The molecule has 2 heterocycles. The number of hydrogen-bond donors (Lipinski definition) is 1. The molecule has 2 N–H and O–H groups in total. The second-order valence-corrected chi connectivity index (χ2v) is 5.98. The van der Waals surface area contributed by atoms with Gasteiger partial charge in [0.2, 0.25) is 0 Å². The van der Waals surface area contributed by atoms with Crippen molar-refractivity contribution in [1.29, 1.82) is 0 Å². The van der Waals surface area contributed by atoms with E-state index in [2.05, 4.69) is 42.1 Å². The Kier molecular flexibility index (Phi) is 4.60. The highest BCUT2D eigenvalue weighted by molar-refractivity contribution is 5.13. The first-order valence-electron chi connectivity index (χ1n) is 7.13. The van der Waals surface area contributed by atoms with Crippen molar-refractivity contribution in [3.8, 4) is 0 Å². The van der Waals surface area contributed by atoms with E-state index in [9.17, 15) is 0 Å². The lowest BCUT2D eigenvalue weighted by Crippen LogP contribution is -2.49. The number of rotatable bonds is 4. The lowest BCUT2D eigenvalue weighted by molar-refractivity contribution is 0.0892. The zero-order chi connectivity index (χ0) is 14.0. The normalized spacial score (nSPS) is 24.6. The molecule has 108 valence electrons. The SMILES string of the molecule is CC(N)C(c1cnn(C)c1)N(C)C1CCCN(C)C1. The van der Waals surface area contributed by atoms with Gasteiger partial charge in [-0.2, -0.15) is 5.10 Å². The standard InChI is InChI=1S/C14H27N5/c1-11(15)14(12-8-16-18(3)9-12)19(4)13-6-5-7-17(2)10-13/h8-9,11,13-14H,5-7,10,15H2,1-4H3. The highest BCUT2D eigenvalue weighted by Crippen LogP contribution is 2.26. The summed E-state index contributed by atoms with van der Waals surface area (Å²) in [6.07, 6.45) is 6.54. The molecule has 2 rings (SSSR count). The molecule has 0 spiro atoms. The van der Waals surface area contributed by atoms with Crippen LogP contribution < -0.4 is 5.73 Å². The van der Waals surface area contributed by atoms with Crippen LogP contribution in [0.2, 0.25) is 0 Å². The Morgan fingerprint density at radius 3 is 2.74 bits per heavy atom. The van der Waals surface area contributed by atoms with Crippen LogP contribution in [0.4, 0.5) is 0 Å². The number of likely N-dealkylation sites (N-methyl/N-ethyl adjacent to an activating group) is 2. The average Bonchev–Trinajstić information content (AvgIpc) is 2.75. The lowest BCUT2D eigenvalue weighted by atomic mass is 9.97. The van der Waals surface area contributed by atoms with Gasteiger partial charge in [-0.05, 0) is 40.4 Å². The molecule has 0 saturated carbocycles. The minimum atomic E-state index is 0.0985. The van der Waals surface area contributed by atoms with Crippen LogP contribution in [0, 0.1) is 0 Å². The fourth-order valence-corrected chi connectivity index (χ4v) is 3.20. The Morgan fingerprint density at radius 1 is 1.47 bits per heavy atom. The molecule has 1 aromatic heterocycles. The summed E-state index contributed by atoms with van der Waals surface area (Å²) in [5, 5.41) is 4.29. The lowest BCUT2D eigenvalue weighted by Gasteiger charge is -2.41. The summed E-state index contributed by atoms with van der Waals surface area (Å²) in [4.78, 5) is 4.85. The molecule has 1 saturated heterocycles. The Morgan fingerprint density at radius 2 is 2.21 bits per heavy atom. The predicted molar refractivity (Wildman–Crippen MR) is 77.9 cm³/mol. The second-order valence-electron chi connectivity index (χ2n) is 5.98. The van der Waals surface area contributed by atoms with Crippen LogP contribution in [0.5, 0.6) is 0 Å². The maximum absolute atomic E-state index is 6.23. The fourth-order valence-electron chi connectivity index (χ4n) is 3.20. The summed E-state index contributed by atoms with van der Waals surface area (Å²) in [5.74, 6) is 0. The van der Waals surface area contributed by atoms with Gasteiger partial charge in [0.05, 0.1) is 12.2 Å². The van der Waals surface area contributed by atoms with Crippen molar-refractivity contribution in [3.63, 3.8) is 0 Å². The molecule has 0 bridgehead atoms. The molecule has 0 amide bonds. The number of hydrogen-bond acceptors (Lipinski definition) is 4. The molecule has 0 aromatic carbocycles. The van der Waals surface area contributed by atoms with Crippen LogP contribution >= 0.6 is 0 Å². The van der Waals surface area contributed by atoms with Crippen LogP contribution in [0.15, 0.2) is 12.4 Å². The molecule has 5 nitrogen and oxygen atoms in total. The highest BCUT2D eigenvalue weighted by Gasteiger charge is 2.30. The molecule has 1 aliphatic rings. The number of nitrogens with zero attached hydrogens (tertiary/aromatic N) is 4. The molecule has 1 aromatic rings. The molecule has 0 radical (unpaired) electrons. The molecule has 1 aliphatic heterocycles. The van der Waals surface area contributed by atoms with Gasteiger partial charge >= 0.3 is 0 Å². The quantitative estimate of drug-likeness (QED) is 0.876. The van der Waals surface area contributed by atoms with E-state index in [4.69, 9.17) is 5.73 Å². The van der Waals surface area contributed by atoms with Crippen molar-refractivity contribution in [3.05, 3.63) is 18.0 Å². The van der Waals surface area contributed by atoms with Gasteiger partial charge in [0.1, 0.15) is 0 Å². The van der Waals surface area contributed by atoms with Gasteiger partial charge in [0.25, 0.3) is 0 Å². The van der Waals surface area contributed by atoms with E-state index in [1.807, 2.05) is 17.9 Å². The van der Waals surface area contributed by atoms with Crippen LogP contribution in [0.1, 0.15) is 31.4 Å². The van der Waals surface area contributed by atoms with E-state index in [1.54, 1.807) is 0 Å². The Balaban J connectivity index is 2.14. The summed E-state index contributed by atoms with van der Waals surface area (Å²) < 4.78 is 1.85. The molecule has 5 heteroatoms. The smallest absolute Gasteiger partial charge is 0.0538 e. The summed E-state index contributed by atoms with van der Waals surface area (Å²) in [6, 6.07) is 0.918. The summed E-state index contributed by atoms with van der Waals surface area (Å²) >= 11 is 0. The van der Waals surface area contributed by atoms with Gasteiger partial charge in [-0.1, -0.05) is 0 Å². The van der Waals surface area contributed by atoms with Crippen molar-refractivity contribution >= 4 is 0 Å². The number of piperidine rings is 1. The first-order chi connectivity index (χ1) is 8.99. The first kappa shape index (κ1) is 14.5. The zero-order valence-corrected chi connectivity index (χ0v) is 12.6. The van der Waals surface area contributed by atoms with Crippen LogP contribution in [-0.4, -0.2) is 58.8 Å². The topological polar surface area (TPSA) is 50.3 Å². The largest absolute Gasteiger partial charge is 0.326 e. The predicted octanol–water partition coefficient (Wildman–Crippen LogP) is 0.834. The Bertz CT molecular complexity index is 400. The molecule has 0 aliphatic carbocycles. The van der Waals surface area contributed by atoms with Crippen LogP contribution in [-0.2, 0) is 7.05 Å². The van der Waals surface area contributed by atoms with E-state index < -0.39 is 0 Å². The average molecular weight is 265 g/mol. The molecule has 1 fully saturated rings. The van der Waals surface area contributed by atoms with E-state index in [1.165, 1.54) is 24.9 Å². The minimum absolute atomic E-state index is 0.0985. The second kappa shape index (κ2) is 6.03. The van der Waals surface area contributed by atoms with Gasteiger partial charge in [-0.25, -0.2) is 0 Å². The Labute approximate surface area is 116 Å². The fraction of sp³-hybridized carbons (Fsp3) is 0.786. The molecule has 19 heavy (non-hydrogen) atoms. The molecular formula is C14H27N5. The number of likely N-dealkylation sites (tertiary alicyclic amines) is 1. The van der Waals surface area contributed by atoms with Gasteiger partial charge in [0.15, 0.2) is 0 Å². The van der Waals surface area contributed by atoms with Gasteiger partial charge in [-0.15, -0.1) is 0 Å². The Hall–Kier alpha value is -0.910. The van der Waals surface area contributed by atoms with Crippen molar-refractivity contribution in [2.24, 2.45) is 12.8 Å². The van der Waals surface area contributed by atoms with E-state index in [0.29, 0.717) is 6.04 Å². The van der Waals surface area contributed by atoms with Crippen molar-refractivity contribution in [2.45, 2.75) is 37.9 Å². The third kappa shape index (κ3) is 3.35. The van der Waals surface area contributed by atoms with Crippen molar-refractivity contribution in [1.82, 2.24) is 19.6 Å². The number of aromatic nitrogens is 2. The maximum Gasteiger partial charge on any atom is 0.0538 e. The molecular weight excluding hydrogens is 238 g/mol. The van der Waals surface area contributed by atoms with E-state index in [-0.39, 0.29) is 12.1 Å². The van der Waals surface area contributed by atoms with Gasteiger partial charge < -0.3 is 10.6 Å². The van der Waals surface area contributed by atoms with Crippen molar-refractivity contribution in [2.75, 3.05) is 27.2 Å². The number of aryl methyl sites for hydroxylation is 1. The van der Waals surface area contributed by atoms with Crippen molar-refractivity contribution < 1.29 is 0 Å². The summed E-state index contributed by atoms with van der Waals surface area (Å²) in [6.45, 7) is 4.42. The minimum Gasteiger partial charge on any atom is -0.326 e. The highest BCUT2D eigenvalue weighted by atomic mass is 15.3. The van der Waals surface area contributed by atoms with Crippen LogP contribution in [0.3, 0.4) is 0 Å². The third-order valence-corrected chi connectivity index (χ3v) is 4.18. The summed E-state index contributed by atoms with van der Waals surface area (Å²) in [7, 11) is 6.35. The molecule has 3 unspecified atom stereocenters. The zero-order valence-electron chi connectivity index (χ0n) is 12.6. The van der Waals surface area contributed by atoms with Gasteiger partial charge in [0, 0.05) is 37.4 Å². The van der Waals surface area contributed by atoms with E-state index in [0.717, 1.165) is 6.54 Å². The monoisotopic (exact) mass is 265 g/mol. The first-order valence-corrected chi connectivity index (χ1v) is 7.13. The van der Waals surface area contributed by atoms with E-state index >= 15 is 0 Å².